The summed E-state index contributed by atoms with van der Waals surface area (Å²) < 4.78 is 31.7. The first-order valence-corrected chi connectivity index (χ1v) is 9.41. The van der Waals surface area contributed by atoms with E-state index in [1.807, 2.05) is 18.2 Å². The molecule has 0 spiro atoms. The van der Waals surface area contributed by atoms with Gasteiger partial charge in [-0.15, -0.1) is 10.2 Å². The van der Waals surface area contributed by atoms with Crippen LogP contribution in [0.25, 0.3) is 11.5 Å². The monoisotopic (exact) mass is 358 g/mol. The topological polar surface area (TPSA) is 89.2 Å². The fourth-order valence-corrected chi connectivity index (χ4v) is 3.39. The summed E-state index contributed by atoms with van der Waals surface area (Å²) in [6.45, 7) is 3.49. The van der Waals surface area contributed by atoms with E-state index in [4.69, 9.17) is 4.42 Å². The van der Waals surface area contributed by atoms with Crippen molar-refractivity contribution in [3.63, 3.8) is 0 Å². The number of sulfonamides is 1. The van der Waals surface area contributed by atoms with E-state index in [2.05, 4.69) is 15.2 Å². The molecule has 0 bridgehead atoms. The molecule has 3 rings (SSSR count). The summed E-state index contributed by atoms with van der Waals surface area (Å²) in [5.41, 5.74) is 1.93. The summed E-state index contributed by atoms with van der Waals surface area (Å²) in [6.07, 6.45) is 1.60. The number of benzene rings is 1. The van der Waals surface area contributed by atoms with Crippen LogP contribution in [0.1, 0.15) is 18.5 Å². The van der Waals surface area contributed by atoms with Crippen molar-refractivity contribution in [3.8, 4) is 11.5 Å². The van der Waals surface area contributed by atoms with Crippen LogP contribution in [0.3, 0.4) is 0 Å². The molecule has 0 aliphatic carbocycles. The Balaban J connectivity index is 1.87. The first-order valence-electron chi connectivity index (χ1n) is 7.80. The summed E-state index contributed by atoms with van der Waals surface area (Å²) in [5.74, 6) is 0.877. The predicted octanol–water partition coefficient (Wildman–Crippen LogP) is 2.80. The number of pyridine rings is 1. The average Bonchev–Trinajstić information content (AvgIpc) is 3.07. The maximum Gasteiger partial charge on any atom is 0.249 e. The van der Waals surface area contributed by atoms with Crippen LogP contribution < -0.4 is 4.31 Å². The molecule has 8 heteroatoms. The van der Waals surface area contributed by atoms with E-state index in [1.165, 1.54) is 4.31 Å². The van der Waals surface area contributed by atoms with Gasteiger partial charge in [0, 0.05) is 13.1 Å². The Hall–Kier alpha value is -2.74. The highest BCUT2D eigenvalue weighted by atomic mass is 32.2. The average molecular weight is 358 g/mol. The zero-order valence-electron chi connectivity index (χ0n) is 14.0. The Kier molecular flexibility index (Phi) is 4.80. The Labute approximate surface area is 146 Å². The van der Waals surface area contributed by atoms with Gasteiger partial charge >= 0.3 is 0 Å². The summed E-state index contributed by atoms with van der Waals surface area (Å²) in [5, 5.41) is 7.73. The van der Waals surface area contributed by atoms with Gasteiger partial charge in [-0.25, -0.2) is 8.42 Å². The van der Waals surface area contributed by atoms with Gasteiger partial charge in [0.2, 0.25) is 21.8 Å². The Morgan fingerprint density at radius 1 is 1.08 bits per heavy atom. The molecule has 1 aromatic carbocycles. The van der Waals surface area contributed by atoms with E-state index in [9.17, 15) is 8.42 Å². The van der Waals surface area contributed by atoms with Crippen LogP contribution >= 0.6 is 0 Å². The molecule has 0 saturated carbocycles. The lowest BCUT2D eigenvalue weighted by Crippen LogP contribution is -2.32. The van der Waals surface area contributed by atoms with Crippen LogP contribution in [0, 0.1) is 6.92 Å². The molecule has 0 aliphatic heterocycles. The minimum absolute atomic E-state index is 0.0151. The van der Waals surface area contributed by atoms with Crippen molar-refractivity contribution in [2.75, 3.05) is 10.1 Å². The van der Waals surface area contributed by atoms with Crippen LogP contribution in [0.2, 0.25) is 0 Å². The third kappa shape index (κ3) is 3.85. The van der Waals surface area contributed by atoms with Gasteiger partial charge in [0.1, 0.15) is 0 Å². The van der Waals surface area contributed by atoms with Crippen molar-refractivity contribution in [3.05, 3.63) is 60.2 Å². The van der Waals surface area contributed by atoms with Gasteiger partial charge in [-0.3, -0.25) is 9.29 Å². The minimum Gasteiger partial charge on any atom is -0.421 e. The van der Waals surface area contributed by atoms with Crippen LogP contribution in [0.5, 0.6) is 0 Å². The number of anilines is 1. The summed E-state index contributed by atoms with van der Waals surface area (Å²) >= 11 is 0. The van der Waals surface area contributed by atoms with Gasteiger partial charge in [-0.05, 0) is 31.2 Å². The quantitative estimate of drug-likeness (QED) is 0.673. The molecule has 0 amide bonds. The Bertz CT molecular complexity index is 938. The molecule has 0 atom stereocenters. The van der Waals surface area contributed by atoms with Crippen LogP contribution in [0.15, 0.2) is 53.1 Å². The number of hydrogen-bond acceptors (Lipinski definition) is 6. The highest BCUT2D eigenvalue weighted by molar-refractivity contribution is 7.92. The summed E-state index contributed by atoms with van der Waals surface area (Å²) in [4.78, 5) is 4.34. The number of para-hydroxylation sites is 1. The van der Waals surface area contributed by atoms with Crippen LogP contribution in [0.4, 0.5) is 5.69 Å². The maximum absolute atomic E-state index is 12.5. The lowest BCUT2D eigenvalue weighted by molar-refractivity contribution is 0.532. The smallest absolute Gasteiger partial charge is 0.249 e. The van der Waals surface area contributed by atoms with E-state index in [0.29, 0.717) is 28.7 Å². The first-order chi connectivity index (χ1) is 12.0. The molecule has 7 nitrogen and oxygen atoms in total. The normalized spacial score (nSPS) is 11.4. The zero-order chi connectivity index (χ0) is 17.9. The van der Waals surface area contributed by atoms with Gasteiger partial charge in [-0.2, -0.15) is 0 Å². The van der Waals surface area contributed by atoms with Gasteiger partial charge in [0.15, 0.2) is 0 Å². The molecular weight excluding hydrogens is 340 g/mol. The fourth-order valence-electron chi connectivity index (χ4n) is 2.31. The van der Waals surface area contributed by atoms with Gasteiger partial charge in [0.05, 0.1) is 29.2 Å². The Morgan fingerprint density at radius 3 is 2.40 bits per heavy atom. The zero-order valence-corrected chi connectivity index (χ0v) is 14.8. The number of hydrogen-bond donors (Lipinski definition) is 0. The second-order valence-electron chi connectivity index (χ2n) is 5.41. The third-order valence-electron chi connectivity index (χ3n) is 3.65. The molecule has 3 aromatic rings. The van der Waals surface area contributed by atoms with Crippen molar-refractivity contribution in [1.82, 2.24) is 15.2 Å². The first kappa shape index (κ1) is 17.1. The lowest BCUT2D eigenvalue weighted by Gasteiger charge is -2.23. The molecule has 0 saturated heterocycles. The van der Waals surface area contributed by atoms with Crippen LogP contribution in [-0.2, 0) is 16.6 Å². The number of aromatic nitrogens is 3. The third-order valence-corrected chi connectivity index (χ3v) is 5.39. The maximum atomic E-state index is 12.5. The van der Waals surface area contributed by atoms with Crippen molar-refractivity contribution < 1.29 is 12.8 Å². The molecule has 2 aromatic heterocycles. The van der Waals surface area contributed by atoms with Crippen molar-refractivity contribution in [2.24, 2.45) is 0 Å². The standard InChI is InChI=1S/C17H18N4O3S/c1-3-25(22,23)21(16-7-5-4-6-8-16)12-15-10-9-14(11-18-15)17-20-19-13(2)24-17/h4-11H,3,12H2,1-2H3. The van der Waals surface area contributed by atoms with Crippen molar-refractivity contribution >= 4 is 15.7 Å². The van der Waals surface area contributed by atoms with E-state index in [-0.39, 0.29) is 12.3 Å². The lowest BCUT2D eigenvalue weighted by atomic mass is 10.2. The molecule has 0 aliphatic rings. The van der Waals surface area contributed by atoms with Crippen LogP contribution in [-0.4, -0.2) is 29.4 Å². The number of aryl methyl sites for hydroxylation is 1. The molecule has 130 valence electrons. The molecule has 0 N–H and O–H groups in total. The minimum atomic E-state index is -3.42. The summed E-state index contributed by atoms with van der Waals surface area (Å²) in [6, 6.07) is 12.5. The SMILES string of the molecule is CCS(=O)(=O)N(Cc1ccc(-c2nnc(C)o2)cn1)c1ccccc1. The predicted molar refractivity (Wildman–Crippen MR) is 94.4 cm³/mol. The fraction of sp³-hybridized carbons (Fsp3) is 0.235. The highest BCUT2D eigenvalue weighted by Gasteiger charge is 2.21. The van der Waals surface area contributed by atoms with E-state index >= 15 is 0 Å². The molecular formula is C17H18N4O3S. The van der Waals surface area contributed by atoms with Gasteiger partial charge < -0.3 is 4.42 Å². The molecule has 0 radical (unpaired) electrons. The van der Waals surface area contributed by atoms with E-state index in [1.54, 1.807) is 44.3 Å². The highest BCUT2D eigenvalue weighted by Crippen LogP contribution is 2.22. The van der Waals surface area contributed by atoms with E-state index < -0.39 is 10.0 Å². The van der Waals surface area contributed by atoms with E-state index in [0.717, 1.165) is 0 Å². The number of nitrogens with zero attached hydrogens (tertiary/aromatic N) is 4. The Morgan fingerprint density at radius 2 is 1.84 bits per heavy atom. The molecule has 0 unspecified atom stereocenters. The van der Waals surface area contributed by atoms with Gasteiger partial charge in [0.25, 0.3) is 0 Å². The van der Waals surface area contributed by atoms with Crippen molar-refractivity contribution in [1.29, 1.82) is 0 Å². The van der Waals surface area contributed by atoms with Gasteiger partial charge in [-0.1, -0.05) is 18.2 Å². The summed E-state index contributed by atoms with van der Waals surface area (Å²) in [7, 11) is -3.42. The van der Waals surface area contributed by atoms with Crippen molar-refractivity contribution in [2.45, 2.75) is 20.4 Å². The molecule has 0 fully saturated rings. The largest absolute Gasteiger partial charge is 0.421 e. The second kappa shape index (κ2) is 7.02. The molecule has 25 heavy (non-hydrogen) atoms. The number of rotatable bonds is 6. The second-order valence-corrected chi connectivity index (χ2v) is 7.59. The molecule has 2 heterocycles.